The topological polar surface area (TPSA) is 57.0 Å². The zero-order chi connectivity index (χ0) is 14.1. The second kappa shape index (κ2) is 4.94. The minimum Gasteiger partial charge on any atom is -0.497 e. The summed E-state index contributed by atoms with van der Waals surface area (Å²) in [6, 6.07) is 8.90. The molecule has 0 aliphatic heterocycles. The van der Waals surface area contributed by atoms with Crippen molar-refractivity contribution in [2.45, 2.75) is 0 Å². The second-order valence-corrected chi connectivity index (χ2v) is 4.48. The van der Waals surface area contributed by atoms with Crippen LogP contribution in [0.1, 0.15) is 10.4 Å². The number of aromatic nitrogens is 3. The van der Waals surface area contributed by atoms with Crippen LogP contribution in [-0.4, -0.2) is 27.9 Å². The summed E-state index contributed by atoms with van der Waals surface area (Å²) in [5.74, 6) is 1.32. The summed E-state index contributed by atoms with van der Waals surface area (Å²) in [7, 11) is 1.60. The Bertz CT molecular complexity index is 781. The molecule has 3 rings (SSSR count). The van der Waals surface area contributed by atoms with E-state index in [9.17, 15) is 4.79 Å². The van der Waals surface area contributed by atoms with Crippen LogP contribution in [0.2, 0.25) is 5.28 Å². The van der Waals surface area contributed by atoms with Gasteiger partial charge in [-0.1, -0.05) is 0 Å². The van der Waals surface area contributed by atoms with E-state index in [1.54, 1.807) is 29.9 Å². The SMILES string of the molecule is COc1ccc2c(c1)nc(Cl)n2-c1ccc(C=O)cn1. The van der Waals surface area contributed by atoms with Crippen molar-refractivity contribution in [3.05, 3.63) is 47.4 Å². The Morgan fingerprint density at radius 1 is 1.30 bits per heavy atom. The fraction of sp³-hybridized carbons (Fsp3) is 0.0714. The van der Waals surface area contributed by atoms with E-state index in [0.717, 1.165) is 17.3 Å². The first kappa shape index (κ1) is 12.6. The molecule has 0 radical (unpaired) electrons. The molecule has 6 heteroatoms. The number of imidazole rings is 1. The highest BCUT2D eigenvalue weighted by atomic mass is 35.5. The van der Waals surface area contributed by atoms with Gasteiger partial charge in [0, 0.05) is 17.8 Å². The molecule has 0 aliphatic carbocycles. The van der Waals surface area contributed by atoms with Crippen LogP contribution in [-0.2, 0) is 0 Å². The number of nitrogens with zero attached hydrogens (tertiary/aromatic N) is 3. The number of fused-ring (bicyclic) bond motifs is 1. The van der Waals surface area contributed by atoms with Gasteiger partial charge in [0.15, 0.2) is 6.29 Å². The monoisotopic (exact) mass is 287 g/mol. The van der Waals surface area contributed by atoms with Gasteiger partial charge in [0.2, 0.25) is 5.28 Å². The number of hydrogen-bond acceptors (Lipinski definition) is 4. The number of carbonyl (C=O) groups excluding carboxylic acids is 1. The van der Waals surface area contributed by atoms with Crippen LogP contribution in [0.5, 0.6) is 5.75 Å². The van der Waals surface area contributed by atoms with E-state index in [4.69, 9.17) is 16.3 Å². The molecule has 0 aliphatic rings. The normalized spacial score (nSPS) is 10.7. The molecule has 0 saturated carbocycles. The summed E-state index contributed by atoms with van der Waals surface area (Å²) in [4.78, 5) is 19.2. The fourth-order valence-electron chi connectivity index (χ4n) is 1.98. The summed E-state index contributed by atoms with van der Waals surface area (Å²) in [6.07, 6.45) is 2.24. The van der Waals surface area contributed by atoms with Gasteiger partial charge < -0.3 is 4.74 Å². The van der Waals surface area contributed by atoms with E-state index in [-0.39, 0.29) is 0 Å². The van der Waals surface area contributed by atoms with Crippen LogP contribution in [0.25, 0.3) is 16.9 Å². The van der Waals surface area contributed by atoms with Crippen LogP contribution in [0.15, 0.2) is 36.5 Å². The maximum atomic E-state index is 10.7. The third kappa shape index (κ3) is 2.02. The van der Waals surface area contributed by atoms with Crippen molar-refractivity contribution >= 4 is 28.9 Å². The molecule has 0 fully saturated rings. The Morgan fingerprint density at radius 3 is 2.80 bits per heavy atom. The minimum absolute atomic E-state index is 0.305. The van der Waals surface area contributed by atoms with Crippen LogP contribution in [0.3, 0.4) is 0 Å². The molecule has 0 amide bonds. The van der Waals surface area contributed by atoms with Crippen LogP contribution in [0, 0.1) is 0 Å². The van der Waals surface area contributed by atoms with Gasteiger partial charge in [0.1, 0.15) is 11.6 Å². The number of pyridine rings is 1. The first-order valence-electron chi connectivity index (χ1n) is 5.86. The second-order valence-electron chi connectivity index (χ2n) is 4.14. The lowest BCUT2D eigenvalue weighted by Gasteiger charge is -2.05. The Morgan fingerprint density at radius 2 is 2.15 bits per heavy atom. The van der Waals surface area contributed by atoms with Crippen molar-refractivity contribution in [1.82, 2.24) is 14.5 Å². The standard InChI is InChI=1S/C14H10ClN3O2/c1-20-10-3-4-12-11(6-10)17-14(15)18(12)13-5-2-9(8-19)7-16-13/h2-8H,1H3. The molecule has 1 aromatic carbocycles. The summed E-state index contributed by atoms with van der Waals surface area (Å²) in [5.41, 5.74) is 2.05. The number of hydrogen-bond donors (Lipinski definition) is 0. The number of benzene rings is 1. The molecule has 100 valence electrons. The van der Waals surface area contributed by atoms with E-state index >= 15 is 0 Å². The quantitative estimate of drug-likeness (QED) is 0.695. The molecule has 3 aromatic rings. The predicted molar refractivity (Wildman–Crippen MR) is 75.8 cm³/mol. The number of methoxy groups -OCH3 is 1. The molecule has 5 nitrogen and oxygen atoms in total. The number of ether oxygens (including phenoxy) is 1. The molecular formula is C14H10ClN3O2. The van der Waals surface area contributed by atoms with Crippen molar-refractivity contribution in [3.8, 4) is 11.6 Å². The lowest BCUT2D eigenvalue weighted by Crippen LogP contribution is -1.98. The molecule has 0 atom stereocenters. The Kier molecular flexibility index (Phi) is 3.12. The summed E-state index contributed by atoms with van der Waals surface area (Å²) < 4.78 is 6.87. The Balaban J connectivity index is 2.19. The van der Waals surface area contributed by atoms with Crippen molar-refractivity contribution in [2.75, 3.05) is 7.11 Å². The van der Waals surface area contributed by atoms with E-state index in [1.807, 2.05) is 12.1 Å². The van der Waals surface area contributed by atoms with E-state index in [2.05, 4.69) is 9.97 Å². The number of rotatable bonds is 3. The molecule has 0 bridgehead atoms. The highest BCUT2D eigenvalue weighted by Gasteiger charge is 2.12. The van der Waals surface area contributed by atoms with Gasteiger partial charge in [0.05, 0.1) is 18.1 Å². The summed E-state index contributed by atoms with van der Waals surface area (Å²) in [5, 5.41) is 0.305. The number of halogens is 1. The first-order chi connectivity index (χ1) is 9.72. The highest BCUT2D eigenvalue weighted by Crippen LogP contribution is 2.26. The zero-order valence-corrected chi connectivity index (χ0v) is 11.3. The van der Waals surface area contributed by atoms with E-state index in [1.165, 1.54) is 6.20 Å². The number of aldehydes is 1. The lowest BCUT2D eigenvalue weighted by molar-refractivity contribution is 0.112. The third-order valence-electron chi connectivity index (χ3n) is 2.96. The van der Waals surface area contributed by atoms with E-state index in [0.29, 0.717) is 22.4 Å². The maximum Gasteiger partial charge on any atom is 0.209 e. The first-order valence-corrected chi connectivity index (χ1v) is 6.24. The largest absolute Gasteiger partial charge is 0.497 e. The van der Waals surface area contributed by atoms with Gasteiger partial charge in [-0.05, 0) is 35.9 Å². The molecular weight excluding hydrogens is 278 g/mol. The molecule has 0 unspecified atom stereocenters. The third-order valence-corrected chi connectivity index (χ3v) is 3.21. The summed E-state index contributed by atoms with van der Waals surface area (Å²) in [6.45, 7) is 0. The summed E-state index contributed by atoms with van der Waals surface area (Å²) >= 11 is 6.17. The van der Waals surface area contributed by atoms with Gasteiger partial charge in [0.25, 0.3) is 0 Å². The van der Waals surface area contributed by atoms with E-state index < -0.39 is 0 Å². The van der Waals surface area contributed by atoms with Crippen molar-refractivity contribution < 1.29 is 9.53 Å². The molecule has 0 N–H and O–H groups in total. The van der Waals surface area contributed by atoms with Gasteiger partial charge in [-0.15, -0.1) is 0 Å². The number of carbonyl (C=O) groups is 1. The smallest absolute Gasteiger partial charge is 0.209 e. The van der Waals surface area contributed by atoms with Crippen molar-refractivity contribution in [2.24, 2.45) is 0 Å². The van der Waals surface area contributed by atoms with Gasteiger partial charge in [-0.25, -0.2) is 9.97 Å². The van der Waals surface area contributed by atoms with Gasteiger partial charge >= 0.3 is 0 Å². The highest BCUT2D eigenvalue weighted by molar-refractivity contribution is 6.29. The zero-order valence-electron chi connectivity index (χ0n) is 10.6. The minimum atomic E-state index is 0.305. The molecule has 2 aromatic heterocycles. The fourth-order valence-corrected chi connectivity index (χ4v) is 2.24. The predicted octanol–water partition coefficient (Wildman–Crippen LogP) is 2.90. The average molecular weight is 288 g/mol. The Hall–Kier alpha value is -2.40. The average Bonchev–Trinajstić information content (AvgIpc) is 2.82. The van der Waals surface area contributed by atoms with Crippen LogP contribution < -0.4 is 4.74 Å². The van der Waals surface area contributed by atoms with Crippen LogP contribution in [0.4, 0.5) is 0 Å². The molecule has 0 spiro atoms. The van der Waals surface area contributed by atoms with Crippen molar-refractivity contribution in [1.29, 1.82) is 0 Å². The van der Waals surface area contributed by atoms with Gasteiger partial charge in [-0.2, -0.15) is 0 Å². The van der Waals surface area contributed by atoms with Crippen molar-refractivity contribution in [3.63, 3.8) is 0 Å². The molecule has 20 heavy (non-hydrogen) atoms. The Labute approximate surface area is 119 Å². The lowest BCUT2D eigenvalue weighted by atomic mass is 10.3. The maximum absolute atomic E-state index is 10.7. The molecule has 0 saturated heterocycles. The van der Waals surface area contributed by atoms with Crippen LogP contribution >= 0.6 is 11.6 Å². The molecule has 2 heterocycles. The van der Waals surface area contributed by atoms with Gasteiger partial charge in [-0.3, -0.25) is 9.36 Å².